The average Bonchev–Trinajstić information content (AvgIpc) is 2.55. The molecule has 0 aliphatic carbocycles. The first-order valence-corrected chi connectivity index (χ1v) is 6.22. The zero-order valence-electron chi connectivity index (χ0n) is 10.3. The van der Waals surface area contributed by atoms with Gasteiger partial charge in [-0.3, -0.25) is 4.68 Å². The first-order valence-electron chi connectivity index (χ1n) is 6.22. The molecule has 1 aromatic heterocycles. The number of aromatic nitrogens is 2. The molecule has 4 nitrogen and oxygen atoms in total. The molecule has 2 atom stereocenters. The molecule has 16 heavy (non-hydrogen) atoms. The molecule has 2 aliphatic heterocycles. The van der Waals surface area contributed by atoms with Crippen molar-refractivity contribution < 1.29 is 0 Å². The number of nitrogens with zero attached hydrogens (tertiary/aromatic N) is 3. The minimum Gasteiger partial charge on any atom is -0.378 e. The molecule has 0 bridgehead atoms. The molecule has 0 amide bonds. The third-order valence-electron chi connectivity index (χ3n) is 4.07. The molecule has 4 heteroatoms. The Morgan fingerprint density at radius 1 is 1.44 bits per heavy atom. The van der Waals surface area contributed by atoms with Crippen LogP contribution in [0.4, 0.5) is 11.5 Å². The second-order valence-electron chi connectivity index (χ2n) is 5.17. The van der Waals surface area contributed by atoms with E-state index in [4.69, 9.17) is 0 Å². The van der Waals surface area contributed by atoms with Gasteiger partial charge in [0.15, 0.2) is 5.82 Å². The van der Waals surface area contributed by atoms with Crippen LogP contribution in [-0.4, -0.2) is 28.9 Å². The van der Waals surface area contributed by atoms with E-state index in [0.29, 0.717) is 6.04 Å². The Bertz CT molecular complexity index is 409. The fraction of sp³-hybridized carbons (Fsp3) is 0.750. The van der Waals surface area contributed by atoms with Gasteiger partial charge in [-0.1, -0.05) is 6.92 Å². The highest BCUT2D eigenvalue weighted by atomic mass is 15.4. The van der Waals surface area contributed by atoms with E-state index in [1.807, 2.05) is 4.68 Å². The van der Waals surface area contributed by atoms with Crippen LogP contribution in [0.5, 0.6) is 0 Å². The summed E-state index contributed by atoms with van der Waals surface area (Å²) in [6.07, 6.45) is 2.66. The molecule has 0 saturated carbocycles. The van der Waals surface area contributed by atoms with Gasteiger partial charge >= 0.3 is 0 Å². The van der Waals surface area contributed by atoms with Crippen LogP contribution in [0, 0.1) is 12.8 Å². The zero-order valence-corrected chi connectivity index (χ0v) is 10.3. The summed E-state index contributed by atoms with van der Waals surface area (Å²) in [7, 11) is 2.05. The first-order chi connectivity index (χ1) is 7.68. The molecule has 3 heterocycles. The van der Waals surface area contributed by atoms with Crippen LogP contribution in [0.1, 0.15) is 25.5 Å². The molecule has 2 unspecified atom stereocenters. The van der Waals surface area contributed by atoms with Crippen molar-refractivity contribution in [2.24, 2.45) is 13.0 Å². The van der Waals surface area contributed by atoms with Crippen molar-refractivity contribution >= 4 is 11.5 Å². The fourth-order valence-corrected chi connectivity index (χ4v) is 3.21. The molecule has 0 aromatic carbocycles. The lowest BCUT2D eigenvalue weighted by atomic mass is 9.89. The van der Waals surface area contributed by atoms with E-state index in [1.54, 1.807) is 0 Å². The number of rotatable bonds is 0. The summed E-state index contributed by atoms with van der Waals surface area (Å²) in [6.45, 7) is 6.70. The van der Waals surface area contributed by atoms with E-state index in [9.17, 15) is 0 Å². The first kappa shape index (κ1) is 10.00. The van der Waals surface area contributed by atoms with Gasteiger partial charge in [0, 0.05) is 20.1 Å². The Kier molecular flexibility index (Phi) is 2.13. The highest BCUT2D eigenvalue weighted by Crippen LogP contribution is 2.38. The minimum absolute atomic E-state index is 0.649. The minimum atomic E-state index is 0.649. The van der Waals surface area contributed by atoms with Crippen LogP contribution in [0.25, 0.3) is 0 Å². The van der Waals surface area contributed by atoms with Crippen LogP contribution in [-0.2, 0) is 7.05 Å². The average molecular weight is 220 g/mol. The molecule has 0 radical (unpaired) electrons. The highest BCUT2D eigenvalue weighted by Gasteiger charge is 2.35. The number of nitrogens with one attached hydrogen (secondary N) is 1. The normalized spacial score (nSPS) is 28.3. The molecule has 1 N–H and O–H groups in total. The molecule has 88 valence electrons. The molecule has 3 rings (SSSR count). The van der Waals surface area contributed by atoms with Gasteiger partial charge < -0.3 is 10.2 Å². The number of anilines is 2. The van der Waals surface area contributed by atoms with Crippen LogP contribution >= 0.6 is 0 Å². The lowest BCUT2D eigenvalue weighted by molar-refractivity contribution is 0.346. The predicted octanol–water partition coefficient (Wildman–Crippen LogP) is 1.76. The summed E-state index contributed by atoms with van der Waals surface area (Å²) in [5, 5.41) is 8.08. The summed E-state index contributed by atoms with van der Waals surface area (Å²) < 4.78 is 2.03. The van der Waals surface area contributed by atoms with Crippen molar-refractivity contribution in [1.82, 2.24) is 9.78 Å². The topological polar surface area (TPSA) is 33.1 Å². The number of piperidine rings is 1. The number of hydrogen-bond donors (Lipinski definition) is 1. The third kappa shape index (κ3) is 1.25. The van der Waals surface area contributed by atoms with Gasteiger partial charge in [-0.05, 0) is 25.7 Å². The van der Waals surface area contributed by atoms with E-state index in [-0.39, 0.29) is 0 Å². The monoisotopic (exact) mass is 220 g/mol. The van der Waals surface area contributed by atoms with Gasteiger partial charge in [0.2, 0.25) is 0 Å². The van der Waals surface area contributed by atoms with E-state index >= 15 is 0 Å². The van der Waals surface area contributed by atoms with Crippen molar-refractivity contribution in [3.8, 4) is 0 Å². The van der Waals surface area contributed by atoms with Gasteiger partial charge in [-0.15, -0.1) is 0 Å². The van der Waals surface area contributed by atoms with Gasteiger partial charge in [-0.2, -0.15) is 5.10 Å². The molecule has 1 aromatic rings. The lowest BCUT2D eigenvalue weighted by Crippen LogP contribution is -2.51. The van der Waals surface area contributed by atoms with Crippen LogP contribution in [0.15, 0.2) is 0 Å². The molecule has 2 aliphatic rings. The summed E-state index contributed by atoms with van der Waals surface area (Å²) in [5.41, 5.74) is 2.36. The Hall–Kier alpha value is -1.19. The summed E-state index contributed by atoms with van der Waals surface area (Å²) in [5.74, 6) is 2.07. The summed E-state index contributed by atoms with van der Waals surface area (Å²) in [4.78, 5) is 2.56. The Morgan fingerprint density at radius 3 is 3.06 bits per heavy atom. The van der Waals surface area contributed by atoms with Crippen molar-refractivity contribution in [3.63, 3.8) is 0 Å². The predicted molar refractivity (Wildman–Crippen MR) is 66.0 cm³/mol. The van der Waals surface area contributed by atoms with Crippen LogP contribution in [0.3, 0.4) is 0 Å². The zero-order chi connectivity index (χ0) is 11.3. The third-order valence-corrected chi connectivity index (χ3v) is 4.07. The largest absolute Gasteiger partial charge is 0.378 e. The smallest absolute Gasteiger partial charge is 0.150 e. The standard InChI is InChI=1S/C12H20N4/c1-8-5-4-6-16-10(8)7-13-11-9(2)14-15(3)12(11)16/h8,10,13H,4-7H2,1-3H3. The molecule has 0 spiro atoms. The van der Waals surface area contributed by atoms with Gasteiger partial charge in [-0.25, -0.2) is 0 Å². The second kappa shape index (κ2) is 3.40. The number of aryl methyl sites for hydroxylation is 2. The van der Waals surface area contributed by atoms with E-state index in [0.717, 1.165) is 18.2 Å². The van der Waals surface area contributed by atoms with Crippen LogP contribution < -0.4 is 10.2 Å². The second-order valence-corrected chi connectivity index (χ2v) is 5.17. The van der Waals surface area contributed by atoms with Gasteiger partial charge in [0.25, 0.3) is 0 Å². The summed E-state index contributed by atoms with van der Waals surface area (Å²) >= 11 is 0. The fourth-order valence-electron chi connectivity index (χ4n) is 3.21. The van der Waals surface area contributed by atoms with Crippen molar-refractivity contribution in [2.75, 3.05) is 23.3 Å². The molecular formula is C12H20N4. The Morgan fingerprint density at radius 2 is 2.25 bits per heavy atom. The number of hydrogen-bond acceptors (Lipinski definition) is 3. The van der Waals surface area contributed by atoms with E-state index < -0.39 is 0 Å². The van der Waals surface area contributed by atoms with Crippen LogP contribution in [0.2, 0.25) is 0 Å². The lowest BCUT2D eigenvalue weighted by Gasteiger charge is -2.44. The molecule has 1 saturated heterocycles. The molecular weight excluding hydrogens is 200 g/mol. The highest BCUT2D eigenvalue weighted by molar-refractivity contribution is 5.72. The Balaban J connectivity index is 2.05. The maximum Gasteiger partial charge on any atom is 0.150 e. The maximum atomic E-state index is 4.52. The van der Waals surface area contributed by atoms with Gasteiger partial charge in [0.05, 0.1) is 11.7 Å². The molecule has 1 fully saturated rings. The maximum absolute atomic E-state index is 4.52. The summed E-state index contributed by atoms with van der Waals surface area (Å²) in [6, 6.07) is 0.649. The van der Waals surface area contributed by atoms with E-state index in [2.05, 4.69) is 36.2 Å². The SMILES string of the molecule is Cc1nn(C)c2c1NCC1C(C)CCCN21. The quantitative estimate of drug-likeness (QED) is 0.723. The van der Waals surface area contributed by atoms with Gasteiger partial charge in [0.1, 0.15) is 5.69 Å². The van der Waals surface area contributed by atoms with Crippen molar-refractivity contribution in [3.05, 3.63) is 5.69 Å². The van der Waals surface area contributed by atoms with E-state index in [1.165, 1.54) is 30.9 Å². The Labute approximate surface area is 96.6 Å². The van der Waals surface area contributed by atoms with Crippen molar-refractivity contribution in [1.29, 1.82) is 0 Å². The number of fused-ring (bicyclic) bond motifs is 3. The van der Waals surface area contributed by atoms with Crippen molar-refractivity contribution in [2.45, 2.75) is 32.7 Å².